The van der Waals surface area contributed by atoms with Crippen molar-refractivity contribution in [3.05, 3.63) is 35.4 Å². The minimum absolute atomic E-state index is 0.0581. The zero-order valence-electron chi connectivity index (χ0n) is 10.1. The molecule has 0 radical (unpaired) electrons. The van der Waals surface area contributed by atoms with Gasteiger partial charge in [0.25, 0.3) is 6.02 Å². The zero-order chi connectivity index (χ0) is 11.8. The number of nitrogens with zero attached hydrogens (tertiary/aromatic N) is 1. The van der Waals surface area contributed by atoms with E-state index in [0.29, 0.717) is 12.1 Å². The van der Waals surface area contributed by atoms with Crippen molar-refractivity contribution in [2.45, 2.75) is 38.3 Å². The fraction of sp³-hybridized carbons (Fsp3) is 0.500. The molecule has 0 saturated carbocycles. The first kappa shape index (κ1) is 10.6. The van der Waals surface area contributed by atoms with Gasteiger partial charge in [-0.15, -0.1) is 0 Å². The number of piperidine rings is 1. The summed E-state index contributed by atoms with van der Waals surface area (Å²) in [7, 11) is 0. The Labute approximate surface area is 102 Å². The van der Waals surface area contributed by atoms with Gasteiger partial charge in [-0.1, -0.05) is 29.8 Å². The summed E-state index contributed by atoms with van der Waals surface area (Å²) in [6, 6.07) is 9.20. The summed E-state index contributed by atoms with van der Waals surface area (Å²) in [5.41, 5.74) is 2.47. The van der Waals surface area contributed by atoms with E-state index >= 15 is 0 Å². The van der Waals surface area contributed by atoms with Crippen molar-refractivity contribution in [2.24, 2.45) is 0 Å². The van der Waals surface area contributed by atoms with E-state index < -0.39 is 0 Å². The third-order valence-electron chi connectivity index (χ3n) is 3.77. The van der Waals surface area contributed by atoms with Gasteiger partial charge >= 0.3 is 0 Å². The van der Waals surface area contributed by atoms with E-state index in [1.165, 1.54) is 24.0 Å². The summed E-state index contributed by atoms with van der Waals surface area (Å²) in [5.74, 6) is 0. The Morgan fingerprint density at radius 2 is 2.24 bits per heavy atom. The average molecular weight is 230 g/mol. The van der Waals surface area contributed by atoms with Crippen molar-refractivity contribution in [3.63, 3.8) is 0 Å². The first-order chi connectivity index (χ1) is 8.25. The van der Waals surface area contributed by atoms with Crippen LogP contribution in [0, 0.1) is 12.3 Å². The molecule has 1 aromatic rings. The monoisotopic (exact) mass is 230 g/mol. The van der Waals surface area contributed by atoms with Gasteiger partial charge in [0.2, 0.25) is 0 Å². The van der Waals surface area contributed by atoms with Crippen molar-refractivity contribution >= 4 is 6.02 Å². The van der Waals surface area contributed by atoms with E-state index in [4.69, 9.17) is 10.1 Å². The summed E-state index contributed by atoms with van der Waals surface area (Å²) < 4.78 is 5.76. The molecule has 2 atom stereocenters. The largest absolute Gasteiger partial charge is 0.455 e. The van der Waals surface area contributed by atoms with Crippen molar-refractivity contribution in [1.82, 2.24) is 4.90 Å². The standard InChI is InChI=1S/C14H18N2O/c1-10-5-4-6-11(9-10)13-12-7-2-3-8-16(12)14(15)17-13/h4-6,9,12-13,15H,2-3,7-8H2,1H3/t12-,13+/m0/s1. The molecule has 1 aromatic carbocycles. The molecule has 2 heterocycles. The SMILES string of the molecule is Cc1cccc([C@H]2OC(=N)N3CCCC[C@@H]23)c1. The van der Waals surface area contributed by atoms with Gasteiger partial charge in [-0.3, -0.25) is 5.41 Å². The highest BCUT2D eigenvalue weighted by Gasteiger charge is 2.41. The molecule has 3 rings (SSSR count). The van der Waals surface area contributed by atoms with Crippen molar-refractivity contribution < 1.29 is 4.74 Å². The first-order valence-electron chi connectivity index (χ1n) is 6.34. The third kappa shape index (κ3) is 1.79. The number of rotatable bonds is 1. The predicted octanol–water partition coefficient (Wildman–Crippen LogP) is 2.86. The smallest absolute Gasteiger partial charge is 0.285 e. The van der Waals surface area contributed by atoms with Gasteiger partial charge in [0, 0.05) is 6.54 Å². The number of aryl methyl sites for hydroxylation is 1. The van der Waals surface area contributed by atoms with E-state index in [-0.39, 0.29) is 6.10 Å². The molecule has 3 nitrogen and oxygen atoms in total. The van der Waals surface area contributed by atoms with Gasteiger partial charge in [-0.25, -0.2) is 0 Å². The van der Waals surface area contributed by atoms with Crippen LogP contribution < -0.4 is 0 Å². The second-order valence-electron chi connectivity index (χ2n) is 5.01. The van der Waals surface area contributed by atoms with E-state index in [0.717, 1.165) is 13.0 Å². The number of hydrogen-bond acceptors (Lipinski definition) is 2. The van der Waals surface area contributed by atoms with E-state index in [9.17, 15) is 0 Å². The molecule has 0 aliphatic carbocycles. The second kappa shape index (κ2) is 4.06. The molecule has 0 aromatic heterocycles. The average Bonchev–Trinajstić information content (AvgIpc) is 2.68. The maximum Gasteiger partial charge on any atom is 0.285 e. The third-order valence-corrected chi connectivity index (χ3v) is 3.77. The highest BCUT2D eigenvalue weighted by Crippen LogP contribution is 2.37. The van der Waals surface area contributed by atoms with Crippen LogP contribution in [0.3, 0.4) is 0 Å². The number of amidine groups is 1. The molecule has 17 heavy (non-hydrogen) atoms. The normalized spacial score (nSPS) is 27.8. The number of hydrogen-bond donors (Lipinski definition) is 1. The van der Waals surface area contributed by atoms with Crippen LogP contribution in [-0.2, 0) is 4.74 Å². The van der Waals surface area contributed by atoms with E-state index in [1.807, 2.05) is 0 Å². The molecule has 3 heteroatoms. The van der Waals surface area contributed by atoms with Gasteiger partial charge in [0.1, 0.15) is 6.10 Å². The molecule has 0 spiro atoms. The van der Waals surface area contributed by atoms with Crippen LogP contribution in [0.5, 0.6) is 0 Å². The summed E-state index contributed by atoms with van der Waals surface area (Å²) in [5, 5.41) is 7.91. The Kier molecular flexibility index (Phi) is 2.54. The van der Waals surface area contributed by atoms with Gasteiger partial charge in [-0.05, 0) is 31.7 Å². The summed E-state index contributed by atoms with van der Waals surface area (Å²) >= 11 is 0. The molecule has 0 amide bonds. The summed E-state index contributed by atoms with van der Waals surface area (Å²) in [6.07, 6.45) is 3.63. The van der Waals surface area contributed by atoms with Crippen LogP contribution in [0.4, 0.5) is 0 Å². The minimum atomic E-state index is 0.0581. The minimum Gasteiger partial charge on any atom is -0.455 e. The second-order valence-corrected chi connectivity index (χ2v) is 5.01. The molecule has 1 N–H and O–H groups in total. The van der Waals surface area contributed by atoms with Crippen LogP contribution >= 0.6 is 0 Å². The molecular weight excluding hydrogens is 212 g/mol. The van der Waals surface area contributed by atoms with Crippen molar-refractivity contribution in [2.75, 3.05) is 6.54 Å². The summed E-state index contributed by atoms with van der Waals surface area (Å²) in [4.78, 5) is 2.12. The Morgan fingerprint density at radius 3 is 3.06 bits per heavy atom. The number of ether oxygens (including phenoxy) is 1. The van der Waals surface area contributed by atoms with Crippen molar-refractivity contribution in [3.8, 4) is 0 Å². The molecule has 90 valence electrons. The topological polar surface area (TPSA) is 36.3 Å². The fourth-order valence-electron chi connectivity index (χ4n) is 2.93. The molecular formula is C14H18N2O. The van der Waals surface area contributed by atoms with Crippen LogP contribution in [0.15, 0.2) is 24.3 Å². The lowest BCUT2D eigenvalue weighted by Gasteiger charge is -2.29. The maximum atomic E-state index is 7.91. The Bertz CT molecular complexity index is 444. The highest BCUT2D eigenvalue weighted by atomic mass is 16.5. The Morgan fingerprint density at radius 1 is 1.35 bits per heavy atom. The molecule has 2 aliphatic rings. The van der Waals surface area contributed by atoms with Crippen LogP contribution in [-0.4, -0.2) is 23.5 Å². The molecule has 2 saturated heterocycles. The van der Waals surface area contributed by atoms with E-state index in [2.05, 4.69) is 36.1 Å². The lowest BCUT2D eigenvalue weighted by atomic mass is 9.94. The zero-order valence-corrected chi connectivity index (χ0v) is 10.1. The number of fused-ring (bicyclic) bond motifs is 1. The molecule has 2 aliphatic heterocycles. The van der Waals surface area contributed by atoms with Crippen LogP contribution in [0.2, 0.25) is 0 Å². The Balaban J connectivity index is 1.91. The quantitative estimate of drug-likeness (QED) is 0.805. The van der Waals surface area contributed by atoms with Crippen molar-refractivity contribution in [1.29, 1.82) is 5.41 Å². The molecule has 0 bridgehead atoms. The van der Waals surface area contributed by atoms with Gasteiger partial charge in [0.15, 0.2) is 0 Å². The van der Waals surface area contributed by atoms with Gasteiger partial charge in [-0.2, -0.15) is 0 Å². The maximum absolute atomic E-state index is 7.91. The lowest BCUT2D eigenvalue weighted by Crippen LogP contribution is -2.38. The molecule has 2 fully saturated rings. The van der Waals surface area contributed by atoms with Gasteiger partial charge < -0.3 is 9.64 Å². The lowest BCUT2D eigenvalue weighted by molar-refractivity contribution is 0.167. The van der Waals surface area contributed by atoms with Gasteiger partial charge in [0.05, 0.1) is 6.04 Å². The number of benzene rings is 1. The number of nitrogens with one attached hydrogen (secondary N) is 1. The first-order valence-corrected chi connectivity index (χ1v) is 6.34. The van der Waals surface area contributed by atoms with Crippen LogP contribution in [0.1, 0.15) is 36.5 Å². The fourth-order valence-corrected chi connectivity index (χ4v) is 2.93. The highest BCUT2D eigenvalue weighted by molar-refractivity contribution is 5.73. The molecule has 0 unspecified atom stereocenters. The summed E-state index contributed by atoms with van der Waals surface area (Å²) in [6.45, 7) is 3.08. The van der Waals surface area contributed by atoms with E-state index in [1.54, 1.807) is 0 Å². The predicted molar refractivity (Wildman–Crippen MR) is 67.1 cm³/mol. The Hall–Kier alpha value is -1.51. The van der Waals surface area contributed by atoms with Crippen LogP contribution in [0.25, 0.3) is 0 Å².